The Morgan fingerprint density at radius 2 is 1.96 bits per heavy atom. The van der Waals surface area contributed by atoms with E-state index in [0.29, 0.717) is 12.0 Å². The summed E-state index contributed by atoms with van der Waals surface area (Å²) in [5.41, 5.74) is 2.58. The number of methoxy groups -OCH3 is 1. The number of anilines is 1. The van der Waals surface area contributed by atoms with Crippen LogP contribution >= 0.6 is 0 Å². The molecular formula is C17H16FN3O5RfS. The number of aldehydes is 1. The minimum absolute atomic E-state index is 0. The molecule has 0 unspecified atom stereocenters. The summed E-state index contributed by atoms with van der Waals surface area (Å²) in [6, 6.07) is 9.29. The summed E-state index contributed by atoms with van der Waals surface area (Å²) in [4.78, 5) is 34.3. The third-order valence-electron chi connectivity index (χ3n) is 3.73. The van der Waals surface area contributed by atoms with Crippen LogP contribution in [0.2, 0.25) is 0 Å². The molecule has 1 amide bonds. The van der Waals surface area contributed by atoms with Crippen molar-refractivity contribution in [3.63, 3.8) is 0 Å². The van der Waals surface area contributed by atoms with E-state index < -0.39 is 11.7 Å². The standard InChI is InChI=1S/C17H14FN3O5.Rf.H2S/c1-25-13-4-2-11(3-5-13)10-26-15-7-12(9-22)6-14(18)17(15)20-8-16(23)19-21(20)24;;/h2-7,9H,8,10H2,1H3;;1H2. The molecule has 1 N–H and O–H groups in total. The molecule has 0 saturated carbocycles. The molecule has 1 aliphatic heterocycles. The number of hydrogen-bond acceptors (Lipinski definition) is 6. The monoisotopic (exact) mass is 660 g/mol. The Hall–Kier alpha value is -4.14. The number of nitroso groups, excluding NO2 is 1. The van der Waals surface area contributed by atoms with Gasteiger partial charge in [0.25, 0.3) is 4.98 Å². The summed E-state index contributed by atoms with van der Waals surface area (Å²) < 4.78 is 25.2. The van der Waals surface area contributed by atoms with Gasteiger partial charge in [-0.25, -0.2) is 4.39 Å². The van der Waals surface area contributed by atoms with Crippen molar-refractivity contribution >= 4 is 31.4 Å². The number of thiol groups is 1. The molecule has 2 aromatic rings. The molecule has 1 saturated heterocycles. The van der Waals surface area contributed by atoms with Crippen LogP contribution in [0.3, 0.4) is 0 Å². The Morgan fingerprint density at radius 1 is 1.29 bits per heavy atom. The van der Waals surface area contributed by atoms with Crippen molar-refractivity contribution in [3.8, 4) is 11.5 Å². The van der Waals surface area contributed by atoms with Crippen LogP contribution in [0.15, 0.2) is 36.4 Å². The first-order valence-electron chi connectivity index (χ1n) is 7.60. The van der Waals surface area contributed by atoms with Gasteiger partial charge in [0, 0.05) is 5.56 Å². The molecule has 1 fully saturated rings. The van der Waals surface area contributed by atoms with Crippen molar-refractivity contribution in [2.24, 2.45) is 0 Å². The fraction of sp³-hybridized carbons (Fsp3) is 0.176. The first-order chi connectivity index (χ1) is 12.5. The maximum Gasteiger partial charge on any atom is 0.307 e. The molecule has 1 heterocycles. The van der Waals surface area contributed by atoms with Gasteiger partial charge < -0.3 is 23.0 Å². The van der Waals surface area contributed by atoms with Crippen LogP contribution in [-0.4, -0.2) is 30.8 Å². The largest absolute Gasteiger partial charge is 0.813 e. The number of hydrazine groups is 2. The van der Waals surface area contributed by atoms with Crippen molar-refractivity contribution in [2.75, 3.05) is 18.7 Å². The second kappa shape index (κ2) is 8.99. The summed E-state index contributed by atoms with van der Waals surface area (Å²) in [6.45, 7) is -0.299. The third kappa shape index (κ3) is 4.33. The molecule has 0 atom stereocenters. The fourth-order valence-corrected chi connectivity index (χ4v) is 2.48. The zero-order valence-corrected chi connectivity index (χ0v) is 22.2. The molecule has 3 rings (SSSR count). The van der Waals surface area contributed by atoms with E-state index in [9.17, 15) is 18.9 Å². The summed E-state index contributed by atoms with van der Waals surface area (Å²) in [5, 5.41) is 0.857. The summed E-state index contributed by atoms with van der Waals surface area (Å²) >= 11 is 0. The molecule has 28 heavy (non-hydrogen) atoms. The molecule has 11 heteroatoms. The Labute approximate surface area is 160 Å². The van der Waals surface area contributed by atoms with Crippen LogP contribution in [0.1, 0.15) is 15.9 Å². The van der Waals surface area contributed by atoms with Crippen molar-refractivity contribution in [2.45, 2.75) is 6.61 Å². The predicted octanol–water partition coefficient (Wildman–Crippen LogP) is 1.50. The maximum absolute atomic E-state index is 14.5. The molecule has 0 bridgehead atoms. The van der Waals surface area contributed by atoms with E-state index >= 15 is 0 Å². The maximum atomic E-state index is 14.5. The molecule has 0 aromatic heterocycles. The molecule has 0 aliphatic carbocycles. The van der Waals surface area contributed by atoms with Gasteiger partial charge in [0.05, 0.1) is 12.0 Å². The van der Waals surface area contributed by atoms with Crippen molar-refractivity contribution in [1.82, 2.24) is 5.43 Å². The third-order valence-corrected chi connectivity index (χ3v) is 3.73. The first-order valence-corrected chi connectivity index (χ1v) is 7.60. The van der Waals surface area contributed by atoms with E-state index in [4.69, 9.17) is 9.47 Å². The number of rotatable bonds is 6. The molecule has 8 nitrogen and oxygen atoms in total. The average molecular weight is 660 g/mol. The summed E-state index contributed by atoms with van der Waals surface area (Å²) in [6.07, 6.45) is 0.468. The summed E-state index contributed by atoms with van der Waals surface area (Å²) in [5.74, 6) is -0.788. The second-order valence-corrected chi connectivity index (χ2v) is 5.47. The number of carbonyl (C=O) groups excluding carboxylic acids is 2. The second-order valence-electron chi connectivity index (χ2n) is 5.47. The average Bonchev–Trinajstić information content (AvgIpc) is 2.97. The fourth-order valence-electron chi connectivity index (χ4n) is 2.48. The van der Waals surface area contributed by atoms with Crippen LogP contribution in [0.25, 0.3) is 0 Å². The molecule has 1 aliphatic rings. The van der Waals surface area contributed by atoms with Gasteiger partial charge in [-0.3, -0.25) is 9.59 Å². The van der Waals surface area contributed by atoms with Crippen LogP contribution in [-0.2, 0) is 24.9 Å². The van der Waals surface area contributed by atoms with Gasteiger partial charge in [0.2, 0.25) is 0 Å². The number of amides is 1. The number of hydrogen-bond donors (Lipinski definition) is 1. The van der Waals surface area contributed by atoms with E-state index in [0.717, 1.165) is 16.6 Å². The van der Waals surface area contributed by atoms with Crippen molar-refractivity contribution < 1.29 is 28.4 Å². The van der Waals surface area contributed by atoms with Gasteiger partial charge in [-0.1, -0.05) is 22.6 Å². The van der Waals surface area contributed by atoms with Gasteiger partial charge in [-0.05, 0) is 29.8 Å². The predicted molar refractivity (Wildman–Crippen MR) is 97.0 cm³/mol. The number of benzene rings is 2. The smallest absolute Gasteiger partial charge is 0.307 e. The number of halogens is 1. The topological polar surface area (TPSA) is 88.0 Å². The minimum atomic E-state index is -0.850. The van der Waals surface area contributed by atoms with Gasteiger partial charge >= 0.3 is 5.91 Å². The zero-order valence-electron chi connectivity index (χ0n) is 14.9. The first kappa shape index (κ1) is 21.9. The Balaban J connectivity index is 0.00000196. The van der Waals surface area contributed by atoms with E-state index in [1.807, 2.05) is 5.43 Å². The molecule has 144 valence electrons. The zero-order chi connectivity index (χ0) is 18.7. The van der Waals surface area contributed by atoms with Crippen LogP contribution in [0.5, 0.6) is 11.5 Å². The van der Waals surface area contributed by atoms with Gasteiger partial charge in [0.1, 0.15) is 18.6 Å². The SMILES string of the molecule is COc1ccc(COc2cc(C=O)cc(F)c2N2CC(=O)N[N+]2=O)cc1.[Rf].[SH-]. The molecule has 0 spiro atoms. The quantitative estimate of drug-likeness (QED) is 0.218. The summed E-state index contributed by atoms with van der Waals surface area (Å²) in [7, 11) is 1.55. The Kier molecular flexibility index (Phi) is 7.03. The normalized spacial score (nSPS) is 12.6. The number of nitrogens with zero attached hydrogens (tertiary/aromatic N) is 2. The number of carbonyl (C=O) groups is 2. The van der Waals surface area contributed by atoms with E-state index in [2.05, 4.69) is 0 Å². The van der Waals surface area contributed by atoms with E-state index in [-0.39, 0.29) is 48.6 Å². The van der Waals surface area contributed by atoms with E-state index in [1.165, 1.54) is 6.07 Å². The van der Waals surface area contributed by atoms with Gasteiger partial charge in [-0.15, -0.1) is 0 Å². The van der Waals surface area contributed by atoms with E-state index in [1.54, 1.807) is 31.4 Å². The number of ether oxygens (including phenoxy) is 2. The van der Waals surface area contributed by atoms with Crippen LogP contribution in [0, 0.1) is 10.7 Å². The Bertz CT molecular complexity index is 882. The van der Waals surface area contributed by atoms with Crippen molar-refractivity contribution in [1.29, 1.82) is 0 Å². The van der Waals surface area contributed by atoms with Gasteiger partial charge in [0.15, 0.2) is 23.8 Å². The van der Waals surface area contributed by atoms with Crippen LogP contribution in [0.4, 0.5) is 10.1 Å². The van der Waals surface area contributed by atoms with Crippen molar-refractivity contribution in [3.05, 3.63) is 58.2 Å². The molecular weight excluding hydrogens is 644 g/mol. The Morgan fingerprint density at radius 3 is 2.50 bits per heavy atom. The molecule has 0 radical (unpaired) electrons. The van der Waals surface area contributed by atoms with Gasteiger partial charge in [-0.2, -0.15) is 0 Å². The minimum Gasteiger partial charge on any atom is -0.813 e. The van der Waals surface area contributed by atoms with Crippen LogP contribution < -0.4 is 19.9 Å². The number of nitrogens with one attached hydrogen (secondary N) is 1. The molecule has 2 aromatic carbocycles.